The molecule has 0 spiro atoms. The summed E-state index contributed by atoms with van der Waals surface area (Å²) in [5.74, 6) is -0.0401. The molecule has 88 valence electrons. The Hall–Kier alpha value is -1.58. The summed E-state index contributed by atoms with van der Waals surface area (Å²) < 4.78 is 1.87. The van der Waals surface area contributed by atoms with Crippen LogP contribution in [0.5, 0.6) is 0 Å². The van der Waals surface area contributed by atoms with Gasteiger partial charge in [0.2, 0.25) is 5.91 Å². The maximum absolute atomic E-state index is 11.2. The topological polar surface area (TPSA) is 46.9 Å². The Labute approximate surface area is 96.3 Å². The molecular formula is C12H19N3O. The molecule has 4 heteroatoms. The summed E-state index contributed by atoms with van der Waals surface area (Å²) in [6.45, 7) is 6.52. The second-order valence-electron chi connectivity index (χ2n) is 3.81. The fourth-order valence-corrected chi connectivity index (χ4v) is 1.70. The van der Waals surface area contributed by atoms with Crippen molar-refractivity contribution >= 4 is 5.91 Å². The Balaban J connectivity index is 2.52. The minimum atomic E-state index is -0.0401. The van der Waals surface area contributed by atoms with Crippen molar-refractivity contribution in [1.82, 2.24) is 15.1 Å². The average molecular weight is 221 g/mol. The van der Waals surface area contributed by atoms with Crippen molar-refractivity contribution in [1.29, 1.82) is 0 Å². The third kappa shape index (κ3) is 2.95. The lowest BCUT2D eigenvalue weighted by atomic mass is 10.1. The van der Waals surface area contributed by atoms with Crippen LogP contribution in [0.25, 0.3) is 0 Å². The zero-order chi connectivity index (χ0) is 12.1. The van der Waals surface area contributed by atoms with E-state index in [9.17, 15) is 4.79 Å². The van der Waals surface area contributed by atoms with Gasteiger partial charge >= 0.3 is 0 Å². The Morgan fingerprint density at radius 1 is 1.50 bits per heavy atom. The molecule has 0 aromatic carbocycles. The van der Waals surface area contributed by atoms with Gasteiger partial charge in [-0.1, -0.05) is 6.08 Å². The highest BCUT2D eigenvalue weighted by Crippen LogP contribution is 2.11. The van der Waals surface area contributed by atoms with Crippen molar-refractivity contribution in [2.45, 2.75) is 27.2 Å². The number of hydrogen-bond donors (Lipinski definition) is 1. The number of allylic oxidation sites excluding steroid dienone is 1. The number of amides is 1. The molecule has 1 aromatic heterocycles. The van der Waals surface area contributed by atoms with E-state index in [1.54, 1.807) is 6.08 Å². The third-order valence-electron chi connectivity index (χ3n) is 2.65. The first kappa shape index (κ1) is 12.5. The number of rotatable bonds is 4. The van der Waals surface area contributed by atoms with Crippen LogP contribution in [0.4, 0.5) is 0 Å². The van der Waals surface area contributed by atoms with Gasteiger partial charge in [0.05, 0.1) is 5.69 Å². The maximum atomic E-state index is 11.2. The molecule has 0 radical (unpaired) electrons. The smallest absolute Gasteiger partial charge is 0.243 e. The van der Waals surface area contributed by atoms with Crippen LogP contribution in [-0.2, 0) is 18.3 Å². The first-order valence-electron chi connectivity index (χ1n) is 5.46. The average Bonchev–Trinajstić information content (AvgIpc) is 2.45. The molecule has 0 aliphatic heterocycles. The molecule has 0 fully saturated rings. The van der Waals surface area contributed by atoms with E-state index in [-0.39, 0.29) is 5.91 Å². The van der Waals surface area contributed by atoms with Crippen LogP contribution in [0.15, 0.2) is 12.2 Å². The quantitative estimate of drug-likeness (QED) is 0.778. The van der Waals surface area contributed by atoms with Crippen LogP contribution in [0, 0.1) is 13.8 Å². The van der Waals surface area contributed by atoms with E-state index in [2.05, 4.69) is 10.4 Å². The predicted octanol–water partition coefficient (Wildman–Crippen LogP) is 1.27. The van der Waals surface area contributed by atoms with Gasteiger partial charge in [-0.05, 0) is 38.8 Å². The van der Waals surface area contributed by atoms with Gasteiger partial charge in [-0.25, -0.2) is 0 Å². The van der Waals surface area contributed by atoms with Gasteiger partial charge < -0.3 is 5.32 Å². The lowest BCUT2D eigenvalue weighted by Gasteiger charge is -2.03. The van der Waals surface area contributed by atoms with E-state index in [1.807, 2.05) is 32.5 Å². The molecule has 16 heavy (non-hydrogen) atoms. The fraction of sp³-hybridized carbons (Fsp3) is 0.500. The number of hydrogen-bond acceptors (Lipinski definition) is 2. The minimum Gasteiger partial charge on any atom is -0.352 e. The first-order chi connectivity index (χ1) is 7.56. The van der Waals surface area contributed by atoms with Crippen molar-refractivity contribution in [2.24, 2.45) is 7.05 Å². The van der Waals surface area contributed by atoms with Gasteiger partial charge in [0.25, 0.3) is 0 Å². The molecule has 0 aliphatic carbocycles. The van der Waals surface area contributed by atoms with Crippen LogP contribution in [-0.4, -0.2) is 22.2 Å². The number of carbonyl (C=O) groups is 1. The molecule has 1 amide bonds. The van der Waals surface area contributed by atoms with E-state index in [0.717, 1.165) is 17.8 Å². The summed E-state index contributed by atoms with van der Waals surface area (Å²) in [6.07, 6.45) is 4.09. The highest BCUT2D eigenvalue weighted by atomic mass is 16.1. The van der Waals surface area contributed by atoms with Crippen molar-refractivity contribution in [3.63, 3.8) is 0 Å². The molecule has 4 nitrogen and oxygen atoms in total. The normalized spacial score (nSPS) is 11.0. The monoisotopic (exact) mass is 221 g/mol. The second-order valence-corrected chi connectivity index (χ2v) is 3.81. The Kier molecular flexibility index (Phi) is 4.28. The van der Waals surface area contributed by atoms with Gasteiger partial charge in [-0.15, -0.1) is 0 Å². The standard InChI is InChI=1S/C12H19N3O/c1-5-6-12(16)13-8-7-11-9(2)14-15(4)10(11)3/h5-6H,7-8H2,1-4H3,(H,13,16)/b6-5+. The first-order valence-corrected chi connectivity index (χ1v) is 5.46. The van der Waals surface area contributed by atoms with Crippen molar-refractivity contribution in [3.8, 4) is 0 Å². The highest BCUT2D eigenvalue weighted by molar-refractivity contribution is 5.87. The van der Waals surface area contributed by atoms with Gasteiger partial charge in [0.15, 0.2) is 0 Å². The molecule has 0 aliphatic rings. The van der Waals surface area contributed by atoms with E-state index >= 15 is 0 Å². The maximum Gasteiger partial charge on any atom is 0.243 e. The van der Waals surface area contributed by atoms with Gasteiger partial charge in [0.1, 0.15) is 0 Å². The lowest BCUT2D eigenvalue weighted by molar-refractivity contribution is -0.116. The number of nitrogens with zero attached hydrogens (tertiary/aromatic N) is 2. The minimum absolute atomic E-state index is 0.0401. The predicted molar refractivity (Wildman–Crippen MR) is 64.2 cm³/mol. The molecule has 1 aromatic rings. The zero-order valence-corrected chi connectivity index (χ0v) is 10.4. The van der Waals surface area contributed by atoms with Gasteiger partial charge in [-0.2, -0.15) is 5.10 Å². The van der Waals surface area contributed by atoms with Crippen LogP contribution in [0.3, 0.4) is 0 Å². The molecule has 0 unspecified atom stereocenters. The zero-order valence-electron chi connectivity index (χ0n) is 10.4. The number of aryl methyl sites for hydroxylation is 2. The molecule has 0 saturated heterocycles. The summed E-state index contributed by atoms with van der Waals surface area (Å²) in [5.41, 5.74) is 3.43. The van der Waals surface area contributed by atoms with Crippen LogP contribution in [0.1, 0.15) is 23.9 Å². The second kappa shape index (κ2) is 5.49. The van der Waals surface area contributed by atoms with E-state index in [1.165, 1.54) is 11.6 Å². The van der Waals surface area contributed by atoms with Crippen molar-refractivity contribution < 1.29 is 4.79 Å². The SMILES string of the molecule is C/C=C/C(=O)NCCc1c(C)nn(C)c1C. The number of carbonyl (C=O) groups excluding carboxylic acids is 1. The third-order valence-corrected chi connectivity index (χ3v) is 2.65. The van der Waals surface area contributed by atoms with Crippen LogP contribution < -0.4 is 5.32 Å². The largest absolute Gasteiger partial charge is 0.352 e. The summed E-state index contributed by atoms with van der Waals surface area (Å²) in [5, 5.41) is 7.17. The van der Waals surface area contributed by atoms with Gasteiger partial charge in [0, 0.05) is 19.3 Å². The fourth-order valence-electron chi connectivity index (χ4n) is 1.70. The highest BCUT2D eigenvalue weighted by Gasteiger charge is 2.08. The van der Waals surface area contributed by atoms with E-state index in [4.69, 9.17) is 0 Å². The summed E-state index contributed by atoms with van der Waals surface area (Å²) in [4.78, 5) is 11.2. The summed E-state index contributed by atoms with van der Waals surface area (Å²) in [7, 11) is 1.93. The molecular weight excluding hydrogens is 202 g/mol. The molecule has 0 saturated carbocycles. The molecule has 0 atom stereocenters. The van der Waals surface area contributed by atoms with Crippen molar-refractivity contribution in [3.05, 3.63) is 29.1 Å². The Morgan fingerprint density at radius 3 is 2.69 bits per heavy atom. The molecule has 1 rings (SSSR count). The van der Waals surface area contributed by atoms with Crippen LogP contribution in [0.2, 0.25) is 0 Å². The summed E-state index contributed by atoms with van der Waals surface area (Å²) in [6, 6.07) is 0. The van der Waals surface area contributed by atoms with Crippen molar-refractivity contribution in [2.75, 3.05) is 6.54 Å². The lowest BCUT2D eigenvalue weighted by Crippen LogP contribution is -2.23. The van der Waals surface area contributed by atoms with E-state index < -0.39 is 0 Å². The molecule has 1 N–H and O–H groups in total. The Morgan fingerprint density at radius 2 is 2.19 bits per heavy atom. The molecule has 0 bridgehead atoms. The Bertz CT molecular complexity index is 405. The summed E-state index contributed by atoms with van der Waals surface area (Å²) >= 11 is 0. The number of nitrogens with one attached hydrogen (secondary N) is 1. The molecule has 1 heterocycles. The van der Waals surface area contributed by atoms with E-state index in [0.29, 0.717) is 6.54 Å². The number of aromatic nitrogens is 2. The van der Waals surface area contributed by atoms with Gasteiger partial charge in [-0.3, -0.25) is 9.48 Å². The van der Waals surface area contributed by atoms with Crippen LogP contribution >= 0.6 is 0 Å².